The van der Waals surface area contributed by atoms with Crippen molar-refractivity contribution in [1.29, 1.82) is 0 Å². The molecule has 35 heavy (non-hydrogen) atoms. The Labute approximate surface area is 205 Å². The van der Waals surface area contributed by atoms with Gasteiger partial charge in [0, 0.05) is 5.56 Å². The standard InChI is InChI=1S/C29H29NO5/c1-17(2)16-35-24-13-11-21(15-19(24)4)27(32)25-26(20-8-6-5-7-9-20)30(29(34)28(25)33)22-14-18(3)10-12-23(22)31/h5-15,17,26,31-32H,16H2,1-4H3/b27-25-. The summed E-state index contributed by atoms with van der Waals surface area (Å²) in [5.74, 6) is -0.960. The van der Waals surface area contributed by atoms with Crippen molar-refractivity contribution in [3.63, 3.8) is 0 Å². The van der Waals surface area contributed by atoms with E-state index in [1.165, 1.54) is 11.0 Å². The van der Waals surface area contributed by atoms with Crippen LogP contribution in [0.25, 0.3) is 5.76 Å². The number of aliphatic hydroxyl groups is 1. The molecule has 0 aromatic heterocycles. The summed E-state index contributed by atoms with van der Waals surface area (Å²) in [6.45, 7) is 8.38. The molecule has 2 N–H and O–H groups in total. The molecule has 1 atom stereocenters. The normalized spacial score (nSPS) is 17.3. The third-order valence-electron chi connectivity index (χ3n) is 5.97. The maximum absolute atomic E-state index is 13.3. The zero-order chi connectivity index (χ0) is 25.3. The van der Waals surface area contributed by atoms with Gasteiger partial charge in [0.15, 0.2) is 0 Å². The van der Waals surface area contributed by atoms with Crippen molar-refractivity contribution in [2.45, 2.75) is 33.7 Å². The van der Waals surface area contributed by atoms with E-state index in [-0.39, 0.29) is 22.8 Å². The van der Waals surface area contributed by atoms with Crippen LogP contribution in [0.2, 0.25) is 0 Å². The summed E-state index contributed by atoms with van der Waals surface area (Å²) < 4.78 is 5.83. The smallest absolute Gasteiger partial charge is 0.300 e. The molecule has 0 radical (unpaired) electrons. The number of aliphatic hydroxyl groups excluding tert-OH is 1. The second-order valence-electron chi connectivity index (χ2n) is 9.26. The van der Waals surface area contributed by atoms with Crippen molar-refractivity contribution in [3.05, 3.63) is 94.6 Å². The summed E-state index contributed by atoms with van der Waals surface area (Å²) in [6.07, 6.45) is 0. The lowest BCUT2D eigenvalue weighted by Crippen LogP contribution is -2.29. The van der Waals surface area contributed by atoms with Crippen LogP contribution in [0, 0.1) is 19.8 Å². The first kappa shape index (κ1) is 24.1. The first-order valence-corrected chi connectivity index (χ1v) is 11.6. The highest BCUT2D eigenvalue weighted by Crippen LogP contribution is 2.45. The monoisotopic (exact) mass is 471 g/mol. The highest BCUT2D eigenvalue weighted by molar-refractivity contribution is 6.51. The quantitative estimate of drug-likeness (QED) is 0.275. The largest absolute Gasteiger partial charge is 0.507 e. The molecule has 3 aromatic rings. The van der Waals surface area contributed by atoms with E-state index in [0.717, 1.165) is 11.1 Å². The number of aromatic hydroxyl groups is 1. The molecular formula is C29H29NO5. The molecule has 1 aliphatic rings. The topological polar surface area (TPSA) is 87.1 Å². The zero-order valence-corrected chi connectivity index (χ0v) is 20.3. The summed E-state index contributed by atoms with van der Waals surface area (Å²) in [5.41, 5.74) is 2.86. The van der Waals surface area contributed by atoms with Gasteiger partial charge in [-0.15, -0.1) is 0 Å². The van der Waals surface area contributed by atoms with Gasteiger partial charge in [0.2, 0.25) is 0 Å². The molecule has 0 saturated carbocycles. The number of phenols is 1. The van der Waals surface area contributed by atoms with Crippen LogP contribution < -0.4 is 9.64 Å². The molecule has 1 saturated heterocycles. The number of amides is 1. The van der Waals surface area contributed by atoms with Crippen LogP contribution in [0.4, 0.5) is 5.69 Å². The molecule has 0 spiro atoms. The highest BCUT2D eigenvalue weighted by Gasteiger charge is 2.47. The molecule has 6 nitrogen and oxygen atoms in total. The Hall–Kier alpha value is -4.06. The van der Waals surface area contributed by atoms with Crippen LogP contribution in [-0.4, -0.2) is 28.5 Å². The lowest BCUT2D eigenvalue weighted by Gasteiger charge is -2.26. The summed E-state index contributed by atoms with van der Waals surface area (Å²) in [4.78, 5) is 27.8. The molecule has 0 bridgehead atoms. The number of Topliss-reactive ketones (excluding diaryl/α,β-unsaturated/α-hetero) is 1. The Morgan fingerprint density at radius 2 is 1.71 bits per heavy atom. The molecule has 0 aliphatic carbocycles. The maximum Gasteiger partial charge on any atom is 0.300 e. The number of nitrogens with zero attached hydrogens (tertiary/aromatic N) is 1. The van der Waals surface area contributed by atoms with Crippen LogP contribution in [0.1, 0.15) is 42.1 Å². The van der Waals surface area contributed by atoms with E-state index >= 15 is 0 Å². The van der Waals surface area contributed by atoms with E-state index in [4.69, 9.17) is 4.74 Å². The molecule has 1 aliphatic heterocycles. The van der Waals surface area contributed by atoms with Gasteiger partial charge in [-0.05, 0) is 66.8 Å². The van der Waals surface area contributed by atoms with E-state index in [1.54, 1.807) is 54.6 Å². The SMILES string of the molecule is Cc1ccc(O)c(N2C(=O)C(=O)/C(=C(\O)c3ccc(OCC(C)C)c(C)c3)C2c2ccccc2)c1. The van der Waals surface area contributed by atoms with Crippen molar-refractivity contribution in [2.75, 3.05) is 11.5 Å². The van der Waals surface area contributed by atoms with Gasteiger partial charge < -0.3 is 14.9 Å². The van der Waals surface area contributed by atoms with Crippen LogP contribution >= 0.6 is 0 Å². The molecule has 3 aromatic carbocycles. The Morgan fingerprint density at radius 3 is 2.37 bits per heavy atom. The number of anilines is 1. The molecule has 1 unspecified atom stereocenters. The Balaban J connectivity index is 1.86. The van der Waals surface area contributed by atoms with Gasteiger partial charge in [-0.25, -0.2) is 0 Å². The lowest BCUT2D eigenvalue weighted by molar-refractivity contribution is -0.132. The maximum atomic E-state index is 13.3. The second kappa shape index (κ2) is 9.66. The number of hydrogen-bond donors (Lipinski definition) is 2. The van der Waals surface area contributed by atoms with E-state index in [1.807, 2.05) is 19.9 Å². The van der Waals surface area contributed by atoms with Gasteiger partial charge in [0.05, 0.1) is 23.9 Å². The average Bonchev–Trinajstić information content (AvgIpc) is 3.10. The minimum atomic E-state index is -0.902. The van der Waals surface area contributed by atoms with Crippen LogP contribution in [0.15, 0.2) is 72.3 Å². The fourth-order valence-electron chi connectivity index (χ4n) is 4.23. The molecule has 1 heterocycles. The Kier molecular flexibility index (Phi) is 6.65. The first-order valence-electron chi connectivity index (χ1n) is 11.6. The number of carbonyl (C=O) groups excluding carboxylic acids is 2. The molecule has 1 amide bonds. The van der Waals surface area contributed by atoms with E-state index in [0.29, 0.717) is 29.4 Å². The zero-order valence-electron chi connectivity index (χ0n) is 20.3. The minimum absolute atomic E-state index is 0.0302. The molecule has 1 fully saturated rings. The van der Waals surface area contributed by atoms with Gasteiger partial charge in [-0.3, -0.25) is 14.5 Å². The predicted molar refractivity (Wildman–Crippen MR) is 136 cm³/mol. The van der Waals surface area contributed by atoms with Gasteiger partial charge in [0.25, 0.3) is 11.7 Å². The lowest BCUT2D eigenvalue weighted by atomic mass is 9.94. The Bertz CT molecular complexity index is 1310. The minimum Gasteiger partial charge on any atom is -0.507 e. The summed E-state index contributed by atoms with van der Waals surface area (Å²) in [5, 5.41) is 21.9. The average molecular weight is 472 g/mol. The third-order valence-corrected chi connectivity index (χ3v) is 5.97. The number of ketones is 1. The number of aryl methyl sites for hydroxylation is 2. The molecule has 4 rings (SSSR count). The third kappa shape index (κ3) is 4.64. The number of carbonyl (C=O) groups is 2. The number of ether oxygens (including phenoxy) is 1. The Morgan fingerprint density at radius 1 is 1.00 bits per heavy atom. The van der Waals surface area contributed by atoms with Crippen LogP contribution in [0.5, 0.6) is 11.5 Å². The van der Waals surface area contributed by atoms with Crippen molar-refractivity contribution < 1.29 is 24.5 Å². The van der Waals surface area contributed by atoms with Crippen molar-refractivity contribution in [3.8, 4) is 11.5 Å². The van der Waals surface area contributed by atoms with Gasteiger partial charge in [0.1, 0.15) is 17.3 Å². The molecular weight excluding hydrogens is 442 g/mol. The molecule has 180 valence electrons. The summed E-state index contributed by atoms with van der Waals surface area (Å²) in [6, 6.07) is 18.2. The molecule has 6 heteroatoms. The number of phenolic OH excluding ortho intramolecular Hbond substituents is 1. The fourth-order valence-corrected chi connectivity index (χ4v) is 4.23. The highest BCUT2D eigenvalue weighted by atomic mass is 16.5. The van der Waals surface area contributed by atoms with Crippen LogP contribution in [-0.2, 0) is 9.59 Å². The van der Waals surface area contributed by atoms with E-state index < -0.39 is 17.7 Å². The van der Waals surface area contributed by atoms with E-state index in [2.05, 4.69) is 13.8 Å². The van der Waals surface area contributed by atoms with Crippen molar-refractivity contribution in [2.24, 2.45) is 5.92 Å². The van der Waals surface area contributed by atoms with Gasteiger partial charge in [-0.1, -0.05) is 50.2 Å². The number of benzene rings is 3. The predicted octanol–water partition coefficient (Wildman–Crippen LogP) is 5.67. The van der Waals surface area contributed by atoms with E-state index in [9.17, 15) is 19.8 Å². The van der Waals surface area contributed by atoms with Crippen LogP contribution in [0.3, 0.4) is 0 Å². The van der Waals surface area contributed by atoms with Gasteiger partial charge >= 0.3 is 0 Å². The summed E-state index contributed by atoms with van der Waals surface area (Å²) in [7, 11) is 0. The first-order chi connectivity index (χ1) is 16.7. The number of rotatable bonds is 6. The van der Waals surface area contributed by atoms with Crippen molar-refractivity contribution >= 4 is 23.1 Å². The van der Waals surface area contributed by atoms with Gasteiger partial charge in [-0.2, -0.15) is 0 Å². The summed E-state index contributed by atoms with van der Waals surface area (Å²) >= 11 is 0. The fraction of sp³-hybridized carbons (Fsp3) is 0.241. The number of hydrogen-bond acceptors (Lipinski definition) is 5. The van der Waals surface area contributed by atoms with Crippen molar-refractivity contribution in [1.82, 2.24) is 0 Å². The second-order valence-corrected chi connectivity index (χ2v) is 9.26.